The van der Waals surface area contributed by atoms with E-state index in [4.69, 9.17) is 10.2 Å². The van der Waals surface area contributed by atoms with Crippen LogP contribution >= 0.6 is 0 Å². The Hall–Kier alpha value is -2.48. The third-order valence-corrected chi connectivity index (χ3v) is 3.54. The zero-order chi connectivity index (χ0) is 17.9. The minimum Gasteiger partial charge on any atom is -0.396 e. The molecular formula is C18H26N4O3. The molecule has 7 N–H and O–H groups in total. The Morgan fingerprint density at radius 1 is 0.720 bits per heavy atom. The maximum absolute atomic E-state index is 9.31. The average molecular weight is 346 g/mol. The molecule has 7 nitrogen and oxygen atoms in total. The number of hydrazine groups is 1. The number of nitrogens with one attached hydrogen (secondary N) is 4. The summed E-state index contributed by atoms with van der Waals surface area (Å²) in [6, 6.07) is 15.5. The standard InChI is InChI=1S/C18H26N4O3/c23-11-1-10-19-14-2-6-16(7-3-14)21-22-17-8-4-15(5-9-17)20-12-18(25)13-24/h2-9,18-25H,1,10-13H2. The van der Waals surface area contributed by atoms with Crippen LogP contribution in [0.2, 0.25) is 0 Å². The lowest BCUT2D eigenvalue weighted by Crippen LogP contribution is -2.22. The Balaban J connectivity index is 1.77. The van der Waals surface area contributed by atoms with Crippen molar-refractivity contribution in [3.8, 4) is 0 Å². The minimum absolute atomic E-state index is 0.187. The van der Waals surface area contributed by atoms with Crippen LogP contribution in [-0.4, -0.2) is 47.7 Å². The molecule has 2 rings (SSSR count). The van der Waals surface area contributed by atoms with E-state index in [1.807, 2.05) is 48.5 Å². The van der Waals surface area contributed by atoms with Crippen LogP contribution < -0.4 is 21.5 Å². The smallest absolute Gasteiger partial charge is 0.0942 e. The van der Waals surface area contributed by atoms with Crippen molar-refractivity contribution in [2.24, 2.45) is 0 Å². The van der Waals surface area contributed by atoms with Crippen molar-refractivity contribution < 1.29 is 15.3 Å². The van der Waals surface area contributed by atoms with Gasteiger partial charge < -0.3 is 36.8 Å². The highest BCUT2D eigenvalue weighted by Crippen LogP contribution is 2.16. The maximum atomic E-state index is 9.31. The van der Waals surface area contributed by atoms with Crippen molar-refractivity contribution >= 4 is 22.7 Å². The predicted molar refractivity (Wildman–Crippen MR) is 102 cm³/mol. The maximum Gasteiger partial charge on any atom is 0.0942 e. The lowest BCUT2D eigenvalue weighted by Gasteiger charge is -2.13. The second kappa shape index (κ2) is 10.4. The molecule has 0 saturated carbocycles. The molecule has 136 valence electrons. The van der Waals surface area contributed by atoms with Crippen molar-refractivity contribution in [1.29, 1.82) is 0 Å². The second-order valence-corrected chi connectivity index (χ2v) is 5.63. The number of benzene rings is 2. The van der Waals surface area contributed by atoms with Gasteiger partial charge in [-0.2, -0.15) is 0 Å². The molecule has 1 atom stereocenters. The molecule has 0 aliphatic rings. The fourth-order valence-corrected chi connectivity index (χ4v) is 2.10. The van der Waals surface area contributed by atoms with E-state index in [-0.39, 0.29) is 13.2 Å². The van der Waals surface area contributed by atoms with E-state index in [9.17, 15) is 5.11 Å². The topological polar surface area (TPSA) is 109 Å². The lowest BCUT2D eigenvalue weighted by molar-refractivity contribution is 0.105. The largest absolute Gasteiger partial charge is 0.396 e. The molecule has 1 unspecified atom stereocenters. The number of aliphatic hydroxyl groups excluding tert-OH is 3. The summed E-state index contributed by atoms with van der Waals surface area (Å²) in [6.07, 6.45) is -0.0358. The highest BCUT2D eigenvalue weighted by molar-refractivity contribution is 5.59. The van der Waals surface area contributed by atoms with E-state index in [1.54, 1.807) is 0 Å². The van der Waals surface area contributed by atoms with Crippen molar-refractivity contribution in [3.05, 3.63) is 48.5 Å². The average Bonchev–Trinajstić information content (AvgIpc) is 2.66. The van der Waals surface area contributed by atoms with Crippen LogP contribution in [0.1, 0.15) is 6.42 Å². The van der Waals surface area contributed by atoms with Gasteiger partial charge in [-0.25, -0.2) is 0 Å². The second-order valence-electron chi connectivity index (χ2n) is 5.63. The normalized spacial score (nSPS) is 11.6. The van der Waals surface area contributed by atoms with Gasteiger partial charge in [0, 0.05) is 31.1 Å². The van der Waals surface area contributed by atoms with Crippen LogP contribution in [0.4, 0.5) is 22.7 Å². The van der Waals surface area contributed by atoms with Crippen LogP contribution in [0.3, 0.4) is 0 Å². The van der Waals surface area contributed by atoms with Gasteiger partial charge in [-0.3, -0.25) is 0 Å². The predicted octanol–water partition coefficient (Wildman–Crippen LogP) is 1.68. The molecule has 0 amide bonds. The molecular weight excluding hydrogens is 320 g/mol. The summed E-state index contributed by atoms with van der Waals surface area (Å²) < 4.78 is 0. The number of hydrogen-bond donors (Lipinski definition) is 7. The highest BCUT2D eigenvalue weighted by Gasteiger charge is 2.01. The Labute approximate surface area is 147 Å². The van der Waals surface area contributed by atoms with E-state index in [1.165, 1.54) is 0 Å². The summed E-state index contributed by atoms with van der Waals surface area (Å²) in [4.78, 5) is 0. The molecule has 0 saturated heterocycles. The number of aliphatic hydroxyl groups is 3. The van der Waals surface area contributed by atoms with Crippen molar-refractivity contribution in [3.63, 3.8) is 0 Å². The first kappa shape index (κ1) is 18.9. The van der Waals surface area contributed by atoms with Crippen LogP contribution in [0.15, 0.2) is 48.5 Å². The van der Waals surface area contributed by atoms with Crippen LogP contribution in [0.25, 0.3) is 0 Å². The molecule has 0 fully saturated rings. The zero-order valence-electron chi connectivity index (χ0n) is 14.1. The van der Waals surface area contributed by atoms with E-state index < -0.39 is 6.10 Å². The fraction of sp³-hybridized carbons (Fsp3) is 0.333. The fourth-order valence-electron chi connectivity index (χ4n) is 2.10. The van der Waals surface area contributed by atoms with Gasteiger partial charge in [0.25, 0.3) is 0 Å². The van der Waals surface area contributed by atoms with E-state index >= 15 is 0 Å². The summed E-state index contributed by atoms with van der Waals surface area (Å²) in [6.45, 7) is 0.983. The first-order valence-corrected chi connectivity index (χ1v) is 8.31. The lowest BCUT2D eigenvalue weighted by atomic mass is 10.2. The van der Waals surface area contributed by atoms with Crippen LogP contribution in [0.5, 0.6) is 0 Å². The van der Waals surface area contributed by atoms with Gasteiger partial charge in [0.15, 0.2) is 0 Å². The first-order chi connectivity index (χ1) is 12.2. The Bertz CT molecular complexity index is 605. The molecule has 25 heavy (non-hydrogen) atoms. The van der Waals surface area contributed by atoms with Gasteiger partial charge in [-0.15, -0.1) is 0 Å². The molecule has 2 aromatic rings. The monoisotopic (exact) mass is 346 g/mol. The Morgan fingerprint density at radius 2 is 1.20 bits per heavy atom. The molecule has 0 bridgehead atoms. The van der Waals surface area contributed by atoms with Gasteiger partial charge in [0.05, 0.1) is 24.1 Å². The molecule has 7 heteroatoms. The minimum atomic E-state index is -0.763. The third-order valence-electron chi connectivity index (χ3n) is 3.54. The quantitative estimate of drug-likeness (QED) is 0.245. The number of rotatable bonds is 11. The molecule has 0 aliphatic carbocycles. The summed E-state index contributed by atoms with van der Waals surface area (Å²) in [5.41, 5.74) is 9.96. The SMILES string of the molecule is OCCCNc1ccc(NNc2ccc(NCC(O)CO)cc2)cc1. The van der Waals surface area contributed by atoms with E-state index in [0.29, 0.717) is 6.54 Å². The van der Waals surface area contributed by atoms with Gasteiger partial charge in [-0.05, 0) is 55.0 Å². The van der Waals surface area contributed by atoms with Gasteiger partial charge in [0.2, 0.25) is 0 Å². The van der Waals surface area contributed by atoms with Gasteiger partial charge in [0.1, 0.15) is 0 Å². The van der Waals surface area contributed by atoms with Crippen molar-refractivity contribution in [2.75, 3.05) is 47.8 Å². The molecule has 0 radical (unpaired) electrons. The van der Waals surface area contributed by atoms with E-state index in [0.717, 1.165) is 35.7 Å². The first-order valence-electron chi connectivity index (χ1n) is 8.31. The van der Waals surface area contributed by atoms with Crippen LogP contribution in [0, 0.1) is 0 Å². The van der Waals surface area contributed by atoms with Gasteiger partial charge in [-0.1, -0.05) is 0 Å². The summed E-state index contributed by atoms with van der Waals surface area (Å²) >= 11 is 0. The molecule has 2 aromatic carbocycles. The summed E-state index contributed by atoms with van der Waals surface area (Å²) in [7, 11) is 0. The number of hydrogen-bond acceptors (Lipinski definition) is 7. The molecule has 0 aliphatic heterocycles. The number of anilines is 4. The highest BCUT2D eigenvalue weighted by atomic mass is 16.3. The van der Waals surface area contributed by atoms with Crippen LogP contribution in [-0.2, 0) is 0 Å². The summed E-state index contributed by atoms with van der Waals surface area (Å²) in [5.74, 6) is 0. The van der Waals surface area contributed by atoms with E-state index in [2.05, 4.69) is 21.5 Å². The third kappa shape index (κ3) is 6.88. The van der Waals surface area contributed by atoms with Crippen molar-refractivity contribution in [1.82, 2.24) is 0 Å². The van der Waals surface area contributed by atoms with Gasteiger partial charge >= 0.3 is 0 Å². The Morgan fingerprint density at radius 3 is 1.68 bits per heavy atom. The molecule has 0 spiro atoms. The zero-order valence-corrected chi connectivity index (χ0v) is 14.1. The molecule has 0 aromatic heterocycles. The molecule has 0 heterocycles. The Kier molecular flexibility index (Phi) is 7.84. The summed E-state index contributed by atoms with van der Waals surface area (Å²) in [5, 5.41) is 33.1. The van der Waals surface area contributed by atoms with Crippen molar-refractivity contribution in [2.45, 2.75) is 12.5 Å².